The molecule has 0 aromatic carbocycles. The molecule has 0 fully saturated rings. The van der Waals surface area contributed by atoms with Crippen LogP contribution in [0.15, 0.2) is 49.6 Å². The van der Waals surface area contributed by atoms with E-state index in [2.05, 4.69) is 9.73 Å². The van der Waals surface area contributed by atoms with E-state index in [1.165, 1.54) is 5.38 Å². The van der Waals surface area contributed by atoms with Crippen LogP contribution in [0.1, 0.15) is 30.1 Å². The highest BCUT2D eigenvalue weighted by Gasteiger charge is 2.36. The van der Waals surface area contributed by atoms with Gasteiger partial charge in [0.1, 0.15) is 5.76 Å². The molecule has 0 saturated heterocycles. The van der Waals surface area contributed by atoms with Gasteiger partial charge in [0.15, 0.2) is 10.8 Å². The second-order valence-corrected chi connectivity index (χ2v) is 7.17. The molecule has 2 heterocycles. The monoisotopic (exact) mass is 433 g/mol. The lowest BCUT2D eigenvalue weighted by atomic mass is 9.87. The zero-order valence-electron chi connectivity index (χ0n) is 14.1. The summed E-state index contributed by atoms with van der Waals surface area (Å²) in [5.41, 5.74) is 1.08. The van der Waals surface area contributed by atoms with E-state index < -0.39 is 28.9 Å². The van der Waals surface area contributed by atoms with Crippen molar-refractivity contribution in [3.05, 3.63) is 50.2 Å². The Morgan fingerprint density at radius 2 is 2.07 bits per heavy atom. The smallest absolute Gasteiger partial charge is 0.506 e. The van der Waals surface area contributed by atoms with Gasteiger partial charge < -0.3 is 14.9 Å². The first-order valence-corrected chi connectivity index (χ1v) is 8.94. The minimum absolute atomic E-state index is 0.104. The number of nitrogens with zero attached hydrogens (tertiary/aromatic N) is 1. The summed E-state index contributed by atoms with van der Waals surface area (Å²) < 4.78 is 40.7. The van der Waals surface area contributed by atoms with Gasteiger partial charge in [-0.25, -0.2) is 0 Å². The van der Waals surface area contributed by atoms with Gasteiger partial charge in [-0.2, -0.15) is 0 Å². The largest absolute Gasteiger partial charge is 0.573 e. The number of halogens is 4. The van der Waals surface area contributed by atoms with Gasteiger partial charge in [0, 0.05) is 40.3 Å². The number of rotatable bonds is 5. The van der Waals surface area contributed by atoms with Crippen LogP contribution in [0.3, 0.4) is 0 Å². The normalized spacial score (nSPS) is 17.1. The Hall–Kier alpha value is -2.59. The van der Waals surface area contributed by atoms with Gasteiger partial charge in [0.2, 0.25) is 0 Å². The highest BCUT2D eigenvalue weighted by molar-refractivity contribution is 7.12. The Kier molecular flexibility index (Phi) is 5.11. The average Bonchev–Trinajstić information content (AvgIpc) is 3.13. The fourth-order valence-corrected chi connectivity index (χ4v) is 4.00. The number of carbonyl (C=O) groups excluding carboxylic acids is 1. The first-order valence-electron chi connectivity index (χ1n) is 7.69. The van der Waals surface area contributed by atoms with Crippen LogP contribution in [-0.4, -0.2) is 34.0 Å². The summed E-state index contributed by atoms with van der Waals surface area (Å²) in [5, 5.41) is 19.9. The molecule has 1 aliphatic heterocycles. The number of aliphatic hydroxyl groups excluding tert-OH is 1. The molecule has 0 amide bonds. The summed E-state index contributed by atoms with van der Waals surface area (Å²) in [6.45, 7) is 1.58. The maximum absolute atomic E-state index is 12.7. The van der Waals surface area contributed by atoms with E-state index in [1.54, 1.807) is 6.92 Å². The van der Waals surface area contributed by atoms with E-state index in [-0.39, 0.29) is 34.6 Å². The molecule has 6 nitrogen and oxygen atoms in total. The van der Waals surface area contributed by atoms with E-state index in [9.17, 15) is 27.9 Å². The van der Waals surface area contributed by atoms with Crippen molar-refractivity contribution in [3.8, 4) is 5.06 Å². The van der Waals surface area contributed by atoms with Crippen LogP contribution < -0.4 is 4.74 Å². The van der Waals surface area contributed by atoms with Crippen molar-refractivity contribution in [2.24, 2.45) is 4.99 Å². The number of Topliss-reactive ketones (excluding diaryl/α,β-unsaturated/α-hetero) is 1. The van der Waals surface area contributed by atoms with Crippen molar-refractivity contribution in [3.63, 3.8) is 0 Å². The van der Waals surface area contributed by atoms with Gasteiger partial charge in [0.25, 0.3) is 0 Å². The molecule has 0 atom stereocenters. The first-order chi connectivity index (χ1) is 13.0. The van der Waals surface area contributed by atoms with Crippen LogP contribution in [0.2, 0.25) is 0 Å². The number of allylic oxidation sites excluding steroid dienone is 4. The van der Waals surface area contributed by atoms with Gasteiger partial charge >= 0.3 is 12.3 Å². The molecular weight excluding hydrogens is 423 g/mol. The molecule has 11 heteroatoms. The van der Waals surface area contributed by atoms with Crippen LogP contribution in [-0.2, 0) is 4.79 Å². The topological polar surface area (TPSA) is 96.2 Å². The highest BCUT2D eigenvalue weighted by atomic mass is 35.5. The molecule has 0 spiro atoms. The minimum atomic E-state index is -4.89. The van der Waals surface area contributed by atoms with Crippen molar-refractivity contribution in [2.45, 2.75) is 26.1 Å². The SMILES string of the molecule is CC1=C(CC(=O)O)C2=C(Cl)C(O)=C(C(=O)c3csc(OC(F)(F)F)c3)CC2=N1. The lowest BCUT2D eigenvalue weighted by Gasteiger charge is -2.19. The van der Waals surface area contributed by atoms with E-state index in [4.69, 9.17) is 16.7 Å². The predicted molar refractivity (Wildman–Crippen MR) is 94.9 cm³/mol. The van der Waals surface area contributed by atoms with Crippen LogP contribution in [0.4, 0.5) is 13.2 Å². The Bertz CT molecular complexity index is 1020. The molecule has 0 bridgehead atoms. The number of ether oxygens (including phenoxy) is 1. The number of carbonyl (C=O) groups is 2. The molecule has 1 aliphatic carbocycles. The quantitative estimate of drug-likeness (QED) is 0.654. The van der Waals surface area contributed by atoms with Gasteiger partial charge in [-0.15, -0.1) is 24.5 Å². The van der Waals surface area contributed by atoms with Crippen molar-refractivity contribution in [2.75, 3.05) is 0 Å². The third kappa shape index (κ3) is 3.83. The number of hydrogen-bond donors (Lipinski definition) is 2. The maximum Gasteiger partial charge on any atom is 0.573 e. The lowest BCUT2D eigenvalue weighted by Crippen LogP contribution is -2.19. The van der Waals surface area contributed by atoms with Crippen LogP contribution in [0.25, 0.3) is 0 Å². The van der Waals surface area contributed by atoms with E-state index in [0.29, 0.717) is 28.3 Å². The summed E-state index contributed by atoms with van der Waals surface area (Å²) in [6.07, 6.45) is -5.38. The zero-order chi connectivity index (χ0) is 20.8. The van der Waals surface area contributed by atoms with Gasteiger partial charge in [-0.05, 0) is 12.5 Å². The number of thiophene rings is 1. The molecule has 2 N–H and O–H groups in total. The fourth-order valence-electron chi connectivity index (χ4n) is 2.90. The Labute approximate surface area is 164 Å². The maximum atomic E-state index is 12.7. The number of carboxylic acids is 1. The van der Waals surface area contributed by atoms with Crippen LogP contribution >= 0.6 is 22.9 Å². The molecule has 28 heavy (non-hydrogen) atoms. The van der Waals surface area contributed by atoms with Crippen molar-refractivity contribution in [1.82, 2.24) is 0 Å². The molecule has 0 radical (unpaired) electrons. The number of fused-ring (bicyclic) bond motifs is 1. The number of alkyl halides is 3. The first kappa shape index (κ1) is 20.2. The fraction of sp³-hybridized carbons (Fsp3) is 0.235. The summed E-state index contributed by atoms with van der Waals surface area (Å²) in [6, 6.07) is 0.920. The van der Waals surface area contributed by atoms with Gasteiger partial charge in [0.05, 0.1) is 17.2 Å². The third-order valence-electron chi connectivity index (χ3n) is 4.04. The number of aliphatic hydroxyl groups is 1. The second kappa shape index (κ2) is 7.10. The Morgan fingerprint density at radius 3 is 2.68 bits per heavy atom. The highest BCUT2D eigenvalue weighted by Crippen LogP contribution is 2.41. The number of ketones is 1. The van der Waals surface area contributed by atoms with E-state index >= 15 is 0 Å². The van der Waals surface area contributed by atoms with E-state index in [1.807, 2.05) is 0 Å². The molecule has 1 aromatic rings. The van der Waals surface area contributed by atoms with Gasteiger partial charge in [-0.1, -0.05) is 11.6 Å². The molecule has 0 unspecified atom stereocenters. The molecule has 3 rings (SSSR count). The summed E-state index contributed by atoms with van der Waals surface area (Å²) in [4.78, 5) is 28.0. The second-order valence-electron chi connectivity index (χ2n) is 5.92. The van der Waals surface area contributed by atoms with Crippen LogP contribution in [0.5, 0.6) is 5.06 Å². The van der Waals surface area contributed by atoms with Gasteiger partial charge in [-0.3, -0.25) is 14.6 Å². The van der Waals surface area contributed by atoms with Crippen molar-refractivity contribution >= 4 is 40.4 Å². The van der Waals surface area contributed by atoms with E-state index in [0.717, 1.165) is 6.07 Å². The van der Waals surface area contributed by atoms with Crippen LogP contribution in [0, 0.1) is 0 Å². The standard InChI is InChI=1S/C17H11ClF3NO5S/c1-6-8(4-11(23)24)13-10(22-6)3-9(16(26)14(13)18)15(25)7-2-12(28-5-7)27-17(19,20)21/h2,5,26H,3-4H2,1H3,(H,23,24). The Balaban J connectivity index is 1.94. The molecule has 1 aromatic heterocycles. The van der Waals surface area contributed by atoms with Crippen molar-refractivity contribution < 1.29 is 37.7 Å². The average molecular weight is 434 g/mol. The Morgan fingerprint density at radius 1 is 1.39 bits per heavy atom. The zero-order valence-corrected chi connectivity index (χ0v) is 15.6. The summed E-state index contributed by atoms with van der Waals surface area (Å²) in [5.74, 6) is -2.39. The molecular formula is C17H11ClF3NO5S. The number of hydrogen-bond acceptors (Lipinski definition) is 6. The summed E-state index contributed by atoms with van der Waals surface area (Å²) >= 11 is 6.75. The minimum Gasteiger partial charge on any atom is -0.506 e. The number of carboxylic acid groups (broad SMARTS) is 1. The predicted octanol–water partition coefficient (Wildman–Crippen LogP) is 4.74. The lowest BCUT2D eigenvalue weighted by molar-refractivity contribution is -0.273. The van der Waals surface area contributed by atoms with Crippen molar-refractivity contribution in [1.29, 1.82) is 0 Å². The molecule has 2 aliphatic rings. The number of aliphatic imine (C=N–C) groups is 1. The molecule has 148 valence electrons. The number of aliphatic carboxylic acids is 1. The molecule has 0 saturated carbocycles. The summed E-state index contributed by atoms with van der Waals surface area (Å²) in [7, 11) is 0. The third-order valence-corrected chi connectivity index (χ3v) is 5.22.